The van der Waals surface area contributed by atoms with Crippen LogP contribution in [0.1, 0.15) is 23.6 Å². The minimum Gasteiger partial charge on any atom is -0.222 e. The molecular weight excluding hydrogens is 304 g/mol. The van der Waals surface area contributed by atoms with Gasteiger partial charge in [-0.25, -0.2) is 9.97 Å². The Morgan fingerprint density at radius 3 is 2.52 bits per heavy atom. The average molecular weight is 320 g/mol. The zero-order valence-electron chi connectivity index (χ0n) is 13.0. The Morgan fingerprint density at radius 2 is 1.70 bits per heavy atom. The van der Waals surface area contributed by atoms with Crippen LogP contribution in [0.15, 0.2) is 59.8 Å². The fraction of sp³-hybridized carbons (Fsp3) is 0.167. The van der Waals surface area contributed by atoms with E-state index in [1.807, 2.05) is 41.8 Å². The molecule has 5 heteroatoms. The predicted octanol–water partition coefficient (Wildman–Crippen LogP) is 4.44. The minimum absolute atomic E-state index is 0.289. The fourth-order valence-electron chi connectivity index (χ4n) is 2.66. The van der Waals surface area contributed by atoms with Gasteiger partial charge in [0.15, 0.2) is 10.8 Å². The molecule has 0 aliphatic heterocycles. The van der Waals surface area contributed by atoms with E-state index in [1.165, 1.54) is 5.56 Å². The number of fused-ring (bicyclic) bond motifs is 3. The van der Waals surface area contributed by atoms with E-state index in [0.29, 0.717) is 0 Å². The third kappa shape index (κ3) is 2.57. The molecule has 23 heavy (non-hydrogen) atoms. The Labute approximate surface area is 138 Å². The molecule has 2 aromatic carbocycles. The fourth-order valence-corrected chi connectivity index (χ4v) is 3.65. The summed E-state index contributed by atoms with van der Waals surface area (Å²) in [5.41, 5.74) is 3.10. The third-order valence-electron chi connectivity index (χ3n) is 3.81. The molecule has 0 fully saturated rings. The van der Waals surface area contributed by atoms with Crippen LogP contribution in [0.5, 0.6) is 0 Å². The van der Waals surface area contributed by atoms with Gasteiger partial charge in [0.25, 0.3) is 0 Å². The van der Waals surface area contributed by atoms with Crippen LogP contribution in [0.25, 0.3) is 16.6 Å². The number of nitrogens with zero attached hydrogens (tertiary/aromatic N) is 4. The summed E-state index contributed by atoms with van der Waals surface area (Å²) >= 11 is 1.70. The van der Waals surface area contributed by atoms with Gasteiger partial charge in [-0.05, 0) is 31.5 Å². The van der Waals surface area contributed by atoms with Gasteiger partial charge in [-0.3, -0.25) is 0 Å². The van der Waals surface area contributed by atoms with Crippen molar-refractivity contribution in [3.8, 4) is 0 Å². The van der Waals surface area contributed by atoms with Crippen molar-refractivity contribution < 1.29 is 0 Å². The number of benzene rings is 2. The lowest BCUT2D eigenvalue weighted by Gasteiger charge is -2.12. The van der Waals surface area contributed by atoms with Crippen LogP contribution in [0.3, 0.4) is 0 Å². The normalized spacial score (nSPS) is 12.8. The largest absolute Gasteiger partial charge is 0.222 e. The highest BCUT2D eigenvalue weighted by molar-refractivity contribution is 7.99. The van der Waals surface area contributed by atoms with Crippen molar-refractivity contribution >= 4 is 28.3 Å². The Hall–Kier alpha value is -2.40. The van der Waals surface area contributed by atoms with Gasteiger partial charge in [0.2, 0.25) is 0 Å². The molecule has 0 radical (unpaired) electrons. The maximum absolute atomic E-state index is 4.81. The maximum Gasteiger partial charge on any atom is 0.192 e. The van der Waals surface area contributed by atoms with Gasteiger partial charge in [-0.2, -0.15) is 4.52 Å². The average Bonchev–Trinajstić information content (AvgIpc) is 2.98. The van der Waals surface area contributed by atoms with Gasteiger partial charge in [-0.1, -0.05) is 54.2 Å². The first-order valence-corrected chi connectivity index (χ1v) is 8.44. The summed E-state index contributed by atoms with van der Waals surface area (Å²) < 4.78 is 1.86. The summed E-state index contributed by atoms with van der Waals surface area (Å²) in [5.74, 6) is 0.761. The second-order valence-corrected chi connectivity index (χ2v) is 6.78. The molecule has 1 atom stereocenters. The van der Waals surface area contributed by atoms with E-state index < -0.39 is 0 Å². The summed E-state index contributed by atoms with van der Waals surface area (Å²) in [6.45, 7) is 4.10. The highest BCUT2D eigenvalue weighted by Gasteiger charge is 2.15. The van der Waals surface area contributed by atoms with E-state index in [-0.39, 0.29) is 5.25 Å². The summed E-state index contributed by atoms with van der Waals surface area (Å²) in [7, 11) is 0. The van der Waals surface area contributed by atoms with Crippen molar-refractivity contribution in [3.63, 3.8) is 0 Å². The lowest BCUT2D eigenvalue weighted by Crippen LogP contribution is -2.00. The van der Waals surface area contributed by atoms with E-state index in [4.69, 9.17) is 4.98 Å². The number of hydrogen-bond acceptors (Lipinski definition) is 4. The van der Waals surface area contributed by atoms with Crippen molar-refractivity contribution in [2.75, 3.05) is 0 Å². The number of para-hydroxylation sites is 1. The quantitative estimate of drug-likeness (QED) is 0.413. The molecule has 2 heterocycles. The smallest absolute Gasteiger partial charge is 0.192 e. The molecule has 4 aromatic rings. The Kier molecular flexibility index (Phi) is 3.50. The molecule has 4 nitrogen and oxygen atoms in total. The molecule has 0 spiro atoms. The van der Waals surface area contributed by atoms with Crippen LogP contribution in [-0.4, -0.2) is 19.6 Å². The summed E-state index contributed by atoms with van der Waals surface area (Å²) in [6.07, 6.45) is 0. The Bertz CT molecular complexity index is 978. The van der Waals surface area contributed by atoms with E-state index in [9.17, 15) is 0 Å². The van der Waals surface area contributed by atoms with Gasteiger partial charge >= 0.3 is 0 Å². The first-order valence-electron chi connectivity index (χ1n) is 7.56. The molecule has 0 aliphatic rings. The van der Waals surface area contributed by atoms with Crippen LogP contribution in [0.2, 0.25) is 0 Å². The van der Waals surface area contributed by atoms with Gasteiger partial charge in [0.05, 0.1) is 5.52 Å². The first kappa shape index (κ1) is 14.2. The highest BCUT2D eigenvalue weighted by atomic mass is 32.2. The van der Waals surface area contributed by atoms with Crippen molar-refractivity contribution in [2.45, 2.75) is 24.3 Å². The lowest BCUT2D eigenvalue weighted by atomic mass is 10.2. The lowest BCUT2D eigenvalue weighted by molar-refractivity contribution is 0.793. The molecular formula is C18H16N4S. The molecule has 0 saturated carbocycles. The Morgan fingerprint density at radius 1 is 0.957 bits per heavy atom. The highest BCUT2D eigenvalue weighted by Crippen LogP contribution is 2.34. The van der Waals surface area contributed by atoms with Crippen LogP contribution >= 0.6 is 11.8 Å². The van der Waals surface area contributed by atoms with Crippen molar-refractivity contribution in [1.29, 1.82) is 0 Å². The molecule has 0 bridgehead atoms. The molecule has 0 aliphatic carbocycles. The monoisotopic (exact) mass is 320 g/mol. The standard InChI is InChI=1S/C18H16N4S/c1-12(14-8-4-3-5-9-14)23-18-20-16-11-7-6-10-15(16)17-19-13(2)21-22(17)18/h3-12H,1-2H3. The van der Waals surface area contributed by atoms with Gasteiger partial charge in [0.1, 0.15) is 5.82 Å². The second-order valence-electron chi connectivity index (χ2n) is 5.48. The molecule has 1 unspecified atom stereocenters. The summed E-state index contributed by atoms with van der Waals surface area (Å²) in [5, 5.41) is 6.72. The van der Waals surface area contributed by atoms with Crippen LogP contribution < -0.4 is 0 Å². The van der Waals surface area contributed by atoms with Crippen molar-refractivity contribution in [2.24, 2.45) is 0 Å². The van der Waals surface area contributed by atoms with Crippen LogP contribution in [0.4, 0.5) is 0 Å². The van der Waals surface area contributed by atoms with Gasteiger partial charge < -0.3 is 0 Å². The summed E-state index contributed by atoms with van der Waals surface area (Å²) in [4.78, 5) is 9.39. The number of rotatable bonds is 3. The van der Waals surface area contributed by atoms with Crippen LogP contribution in [-0.2, 0) is 0 Å². The van der Waals surface area contributed by atoms with Crippen molar-refractivity contribution in [3.05, 3.63) is 66.0 Å². The number of aryl methyl sites for hydroxylation is 1. The topological polar surface area (TPSA) is 43.1 Å². The maximum atomic E-state index is 4.81. The SMILES string of the molecule is Cc1nc2c3ccccc3nc(SC(C)c3ccccc3)n2n1. The number of thioether (sulfide) groups is 1. The van der Waals surface area contributed by atoms with E-state index in [1.54, 1.807) is 11.8 Å². The zero-order chi connectivity index (χ0) is 15.8. The second kappa shape index (κ2) is 5.66. The zero-order valence-corrected chi connectivity index (χ0v) is 13.8. The number of aromatic nitrogens is 4. The summed E-state index contributed by atoms with van der Waals surface area (Å²) in [6, 6.07) is 18.5. The van der Waals surface area contributed by atoms with E-state index in [2.05, 4.69) is 41.3 Å². The molecule has 2 aromatic heterocycles. The Balaban J connectivity index is 1.85. The van der Waals surface area contributed by atoms with E-state index >= 15 is 0 Å². The first-order chi connectivity index (χ1) is 11.2. The van der Waals surface area contributed by atoms with Gasteiger partial charge in [-0.15, -0.1) is 5.10 Å². The number of hydrogen-bond donors (Lipinski definition) is 0. The molecule has 0 N–H and O–H groups in total. The van der Waals surface area contributed by atoms with Crippen LogP contribution in [0, 0.1) is 6.92 Å². The van der Waals surface area contributed by atoms with Gasteiger partial charge in [0, 0.05) is 10.6 Å². The predicted molar refractivity (Wildman–Crippen MR) is 93.7 cm³/mol. The molecule has 114 valence electrons. The van der Waals surface area contributed by atoms with Crippen molar-refractivity contribution in [1.82, 2.24) is 19.6 Å². The molecule has 4 rings (SSSR count). The van der Waals surface area contributed by atoms with E-state index in [0.717, 1.165) is 27.5 Å². The minimum atomic E-state index is 0.289. The third-order valence-corrected chi connectivity index (χ3v) is 4.91. The molecule has 0 saturated heterocycles. The molecule has 0 amide bonds.